The zero-order chi connectivity index (χ0) is 18.2. The van der Waals surface area contributed by atoms with Crippen LogP contribution in [-0.4, -0.2) is 61.4 Å². The summed E-state index contributed by atoms with van der Waals surface area (Å²) < 4.78 is 0. The van der Waals surface area contributed by atoms with E-state index in [9.17, 15) is 9.59 Å². The van der Waals surface area contributed by atoms with Crippen molar-refractivity contribution in [1.29, 1.82) is 0 Å². The fourth-order valence-electron chi connectivity index (χ4n) is 5.05. The molecular formula is C21H29N3O2. The molecule has 3 heterocycles. The normalized spacial score (nSPS) is 29.0. The molecule has 0 saturated carbocycles. The Kier molecular flexibility index (Phi) is 4.51. The third-order valence-corrected chi connectivity index (χ3v) is 6.82. The smallest absolute Gasteiger partial charge is 0.233 e. The Morgan fingerprint density at radius 3 is 2.46 bits per heavy atom. The van der Waals surface area contributed by atoms with Gasteiger partial charge in [-0.2, -0.15) is 0 Å². The van der Waals surface area contributed by atoms with Crippen molar-refractivity contribution in [2.24, 2.45) is 5.41 Å². The van der Waals surface area contributed by atoms with E-state index < -0.39 is 5.41 Å². The van der Waals surface area contributed by atoms with Gasteiger partial charge >= 0.3 is 0 Å². The summed E-state index contributed by atoms with van der Waals surface area (Å²) in [5, 5.41) is 3.02. The van der Waals surface area contributed by atoms with E-state index in [0.29, 0.717) is 13.1 Å². The van der Waals surface area contributed by atoms with Gasteiger partial charge in [-0.25, -0.2) is 0 Å². The lowest BCUT2D eigenvalue weighted by Gasteiger charge is -2.42. The molecule has 0 aromatic heterocycles. The zero-order valence-corrected chi connectivity index (χ0v) is 15.7. The number of amides is 2. The van der Waals surface area contributed by atoms with Crippen LogP contribution in [0.3, 0.4) is 0 Å². The maximum absolute atomic E-state index is 13.7. The van der Waals surface area contributed by atoms with Gasteiger partial charge in [0.15, 0.2) is 0 Å². The number of nitrogens with zero attached hydrogens (tertiary/aromatic N) is 2. The summed E-state index contributed by atoms with van der Waals surface area (Å²) in [5.41, 5.74) is 0.342. The highest BCUT2D eigenvalue weighted by atomic mass is 16.2. The quantitative estimate of drug-likeness (QED) is 0.880. The summed E-state index contributed by atoms with van der Waals surface area (Å²) in [6, 6.07) is 10.3. The van der Waals surface area contributed by atoms with Crippen LogP contribution >= 0.6 is 0 Å². The maximum Gasteiger partial charge on any atom is 0.233 e. The first-order valence-corrected chi connectivity index (χ1v) is 9.88. The standard InChI is InChI=1S/C21H29N3O2/c1-23-13-10-21(11-14-23,17-6-3-2-4-7-17)19(26)24-15-9-20(16-24)8-5-12-22-18(20)25/h2-4,6-7H,5,8-16H2,1H3,(H,22,25)/t20-/m0/s1. The fraction of sp³-hybridized carbons (Fsp3) is 0.619. The summed E-state index contributed by atoms with van der Waals surface area (Å²) in [6.07, 6.45) is 4.42. The van der Waals surface area contributed by atoms with Gasteiger partial charge in [0.1, 0.15) is 0 Å². The zero-order valence-electron chi connectivity index (χ0n) is 15.7. The van der Waals surface area contributed by atoms with Crippen LogP contribution in [0.1, 0.15) is 37.7 Å². The highest BCUT2D eigenvalue weighted by molar-refractivity contribution is 5.91. The number of piperidine rings is 2. The van der Waals surface area contributed by atoms with Crippen LogP contribution in [0.5, 0.6) is 0 Å². The molecule has 3 aliphatic heterocycles. The van der Waals surface area contributed by atoms with Gasteiger partial charge in [0.25, 0.3) is 0 Å². The number of hydrogen-bond donors (Lipinski definition) is 1. The van der Waals surface area contributed by atoms with Gasteiger partial charge in [0, 0.05) is 19.6 Å². The molecule has 140 valence electrons. The molecule has 1 N–H and O–H groups in total. The van der Waals surface area contributed by atoms with Crippen LogP contribution in [0.15, 0.2) is 30.3 Å². The van der Waals surface area contributed by atoms with E-state index in [0.717, 1.165) is 57.3 Å². The lowest BCUT2D eigenvalue weighted by molar-refractivity contribution is -0.140. The molecule has 1 atom stereocenters. The van der Waals surface area contributed by atoms with Gasteiger partial charge in [-0.1, -0.05) is 30.3 Å². The highest BCUT2D eigenvalue weighted by Gasteiger charge is 2.51. The second kappa shape index (κ2) is 6.69. The molecule has 0 aliphatic carbocycles. The number of rotatable bonds is 2. The molecular weight excluding hydrogens is 326 g/mol. The molecule has 5 heteroatoms. The maximum atomic E-state index is 13.7. The molecule has 4 rings (SSSR count). The average Bonchev–Trinajstić information content (AvgIpc) is 3.10. The molecule has 5 nitrogen and oxygen atoms in total. The third-order valence-electron chi connectivity index (χ3n) is 6.82. The first kappa shape index (κ1) is 17.5. The Morgan fingerprint density at radius 2 is 1.77 bits per heavy atom. The Hall–Kier alpha value is -1.88. The molecule has 0 radical (unpaired) electrons. The summed E-state index contributed by atoms with van der Waals surface area (Å²) in [6.45, 7) is 3.92. The van der Waals surface area contributed by atoms with E-state index in [-0.39, 0.29) is 17.2 Å². The molecule has 3 fully saturated rings. The summed E-state index contributed by atoms with van der Waals surface area (Å²) in [5.74, 6) is 0.378. The number of benzene rings is 1. The van der Waals surface area contributed by atoms with E-state index in [1.165, 1.54) is 0 Å². The Balaban J connectivity index is 1.61. The van der Waals surface area contributed by atoms with E-state index in [1.54, 1.807) is 0 Å². The predicted molar refractivity (Wildman–Crippen MR) is 101 cm³/mol. The van der Waals surface area contributed by atoms with Crippen molar-refractivity contribution in [3.63, 3.8) is 0 Å². The number of carbonyl (C=O) groups is 2. The highest BCUT2D eigenvalue weighted by Crippen LogP contribution is 2.42. The second-order valence-electron chi connectivity index (χ2n) is 8.37. The van der Waals surface area contributed by atoms with Crippen molar-refractivity contribution in [1.82, 2.24) is 15.1 Å². The summed E-state index contributed by atoms with van der Waals surface area (Å²) in [7, 11) is 2.12. The number of likely N-dealkylation sites (tertiary alicyclic amines) is 2. The topological polar surface area (TPSA) is 52.7 Å². The molecule has 3 aliphatic rings. The first-order valence-electron chi connectivity index (χ1n) is 9.88. The summed E-state index contributed by atoms with van der Waals surface area (Å²) >= 11 is 0. The van der Waals surface area contributed by atoms with Crippen molar-refractivity contribution in [2.75, 3.05) is 39.8 Å². The van der Waals surface area contributed by atoms with Crippen molar-refractivity contribution >= 4 is 11.8 Å². The minimum absolute atomic E-state index is 0.149. The van der Waals surface area contributed by atoms with Gasteiger partial charge in [0.05, 0.1) is 10.8 Å². The van der Waals surface area contributed by atoms with Crippen LogP contribution in [-0.2, 0) is 15.0 Å². The molecule has 2 amide bonds. The minimum Gasteiger partial charge on any atom is -0.356 e. The number of nitrogens with one attached hydrogen (secondary N) is 1. The minimum atomic E-state index is -0.440. The van der Waals surface area contributed by atoms with Crippen molar-refractivity contribution in [2.45, 2.75) is 37.5 Å². The fourth-order valence-corrected chi connectivity index (χ4v) is 5.05. The van der Waals surface area contributed by atoms with Crippen molar-refractivity contribution in [3.05, 3.63) is 35.9 Å². The van der Waals surface area contributed by atoms with Gasteiger partial charge < -0.3 is 15.1 Å². The van der Waals surface area contributed by atoms with E-state index >= 15 is 0 Å². The lowest BCUT2D eigenvalue weighted by Crippen LogP contribution is -2.53. The molecule has 0 unspecified atom stereocenters. The lowest BCUT2D eigenvalue weighted by atomic mass is 9.71. The Bertz CT molecular complexity index is 682. The first-order chi connectivity index (χ1) is 12.6. The number of carbonyl (C=O) groups excluding carboxylic acids is 2. The average molecular weight is 355 g/mol. The van der Waals surface area contributed by atoms with E-state index in [1.807, 2.05) is 23.1 Å². The second-order valence-corrected chi connectivity index (χ2v) is 8.37. The molecule has 1 aromatic rings. The van der Waals surface area contributed by atoms with Crippen molar-refractivity contribution in [3.8, 4) is 0 Å². The molecule has 0 bridgehead atoms. The van der Waals surface area contributed by atoms with Crippen LogP contribution in [0.2, 0.25) is 0 Å². The van der Waals surface area contributed by atoms with Gasteiger partial charge in [-0.3, -0.25) is 9.59 Å². The summed E-state index contributed by atoms with van der Waals surface area (Å²) in [4.78, 5) is 30.5. The Morgan fingerprint density at radius 1 is 1.04 bits per heavy atom. The van der Waals surface area contributed by atoms with Crippen molar-refractivity contribution < 1.29 is 9.59 Å². The van der Waals surface area contributed by atoms with Crippen LogP contribution in [0.4, 0.5) is 0 Å². The van der Waals surface area contributed by atoms with Crippen LogP contribution < -0.4 is 5.32 Å². The van der Waals surface area contributed by atoms with Crippen LogP contribution in [0, 0.1) is 5.41 Å². The largest absolute Gasteiger partial charge is 0.356 e. The van der Waals surface area contributed by atoms with E-state index in [4.69, 9.17) is 0 Å². The molecule has 26 heavy (non-hydrogen) atoms. The van der Waals surface area contributed by atoms with Gasteiger partial charge in [-0.05, 0) is 57.8 Å². The van der Waals surface area contributed by atoms with Gasteiger partial charge in [-0.15, -0.1) is 0 Å². The number of hydrogen-bond acceptors (Lipinski definition) is 3. The van der Waals surface area contributed by atoms with Crippen LogP contribution in [0.25, 0.3) is 0 Å². The Labute approximate surface area is 155 Å². The molecule has 3 saturated heterocycles. The third kappa shape index (κ3) is 2.82. The SMILES string of the molecule is CN1CCC(C(=O)N2CC[C@@]3(CCCNC3=O)C2)(c2ccccc2)CC1. The van der Waals surface area contributed by atoms with Gasteiger partial charge in [0.2, 0.25) is 11.8 Å². The monoisotopic (exact) mass is 355 g/mol. The molecule has 1 spiro atoms. The van der Waals surface area contributed by atoms with E-state index in [2.05, 4.69) is 29.4 Å². The molecule has 1 aromatic carbocycles. The predicted octanol–water partition coefficient (Wildman–Crippen LogP) is 1.78.